The van der Waals surface area contributed by atoms with Crippen LogP contribution in [-0.4, -0.2) is 32.7 Å². The molecule has 21 heavy (non-hydrogen) atoms. The van der Waals surface area contributed by atoms with Crippen molar-refractivity contribution in [2.45, 2.75) is 45.3 Å². The maximum atomic E-state index is 11.9. The lowest BCUT2D eigenvalue weighted by molar-refractivity contribution is -0.121. The van der Waals surface area contributed by atoms with Crippen molar-refractivity contribution in [3.05, 3.63) is 29.3 Å². The zero-order valence-corrected chi connectivity index (χ0v) is 13.3. The van der Waals surface area contributed by atoms with Gasteiger partial charge >= 0.3 is 0 Å². The second-order valence-electron chi connectivity index (χ2n) is 5.98. The molecule has 1 N–H and O–H groups in total. The molecule has 0 bridgehead atoms. The predicted octanol–water partition coefficient (Wildman–Crippen LogP) is 2.64. The van der Waals surface area contributed by atoms with Gasteiger partial charge in [-0.25, -0.2) is 0 Å². The van der Waals surface area contributed by atoms with Crippen LogP contribution >= 0.6 is 0 Å². The second kappa shape index (κ2) is 7.46. The van der Waals surface area contributed by atoms with Gasteiger partial charge < -0.3 is 15.0 Å². The standard InChI is InChI=1S/C17H26N2O2/c1-13-6-7-14(16(11-13)19(2)3)12-18-17(20)9-8-15-5-4-10-21-15/h6-7,11,15H,4-5,8-10,12H2,1-3H3,(H,18,20)/t15-/m1/s1. The van der Waals surface area contributed by atoms with E-state index < -0.39 is 0 Å². The van der Waals surface area contributed by atoms with Gasteiger partial charge in [0.2, 0.25) is 5.91 Å². The average Bonchev–Trinajstić information content (AvgIpc) is 2.97. The number of hydrogen-bond donors (Lipinski definition) is 1. The molecule has 1 aliphatic rings. The quantitative estimate of drug-likeness (QED) is 0.875. The molecule has 1 atom stereocenters. The maximum Gasteiger partial charge on any atom is 0.220 e. The Hall–Kier alpha value is -1.55. The Morgan fingerprint density at radius 1 is 1.43 bits per heavy atom. The van der Waals surface area contributed by atoms with Crippen molar-refractivity contribution < 1.29 is 9.53 Å². The zero-order valence-electron chi connectivity index (χ0n) is 13.3. The Kier molecular flexibility index (Phi) is 5.62. The number of carbonyl (C=O) groups is 1. The van der Waals surface area contributed by atoms with E-state index >= 15 is 0 Å². The SMILES string of the molecule is Cc1ccc(CNC(=O)CC[C@H]2CCCO2)c(N(C)C)c1. The summed E-state index contributed by atoms with van der Waals surface area (Å²) in [5.74, 6) is 0.107. The Morgan fingerprint density at radius 3 is 2.90 bits per heavy atom. The molecule has 1 heterocycles. The van der Waals surface area contributed by atoms with Gasteiger partial charge in [-0.2, -0.15) is 0 Å². The smallest absolute Gasteiger partial charge is 0.220 e. The number of anilines is 1. The highest BCUT2D eigenvalue weighted by atomic mass is 16.5. The summed E-state index contributed by atoms with van der Waals surface area (Å²) < 4.78 is 5.54. The lowest BCUT2D eigenvalue weighted by Crippen LogP contribution is -2.25. The lowest BCUT2D eigenvalue weighted by Gasteiger charge is -2.18. The summed E-state index contributed by atoms with van der Waals surface area (Å²) in [6.07, 6.45) is 3.89. The molecule has 0 radical (unpaired) electrons. The van der Waals surface area contributed by atoms with Crippen LogP contribution in [0.5, 0.6) is 0 Å². The summed E-state index contributed by atoms with van der Waals surface area (Å²) in [6, 6.07) is 6.32. The van der Waals surface area contributed by atoms with Gasteiger partial charge in [-0.1, -0.05) is 12.1 Å². The summed E-state index contributed by atoms with van der Waals surface area (Å²) in [5.41, 5.74) is 3.54. The lowest BCUT2D eigenvalue weighted by atomic mass is 10.1. The number of rotatable bonds is 6. The first kappa shape index (κ1) is 15.8. The van der Waals surface area contributed by atoms with E-state index in [-0.39, 0.29) is 12.0 Å². The minimum Gasteiger partial charge on any atom is -0.378 e. The summed E-state index contributed by atoms with van der Waals surface area (Å²) >= 11 is 0. The molecular formula is C17H26N2O2. The molecule has 2 rings (SSSR count). The van der Waals surface area contributed by atoms with Crippen LogP contribution in [0.2, 0.25) is 0 Å². The van der Waals surface area contributed by atoms with Gasteiger partial charge in [0, 0.05) is 39.4 Å². The first-order chi connectivity index (χ1) is 10.1. The number of nitrogens with zero attached hydrogens (tertiary/aromatic N) is 1. The van der Waals surface area contributed by atoms with Gasteiger partial charge in [-0.05, 0) is 43.4 Å². The van der Waals surface area contributed by atoms with E-state index in [0.29, 0.717) is 13.0 Å². The highest BCUT2D eigenvalue weighted by molar-refractivity contribution is 5.76. The van der Waals surface area contributed by atoms with Crippen LogP contribution in [0.15, 0.2) is 18.2 Å². The molecule has 0 spiro atoms. The summed E-state index contributed by atoms with van der Waals surface area (Å²) in [6.45, 7) is 3.51. The third-order valence-corrected chi connectivity index (χ3v) is 3.92. The van der Waals surface area contributed by atoms with Gasteiger partial charge in [0.15, 0.2) is 0 Å². The molecule has 116 valence electrons. The number of hydrogen-bond acceptors (Lipinski definition) is 3. The molecule has 4 nitrogen and oxygen atoms in total. The second-order valence-corrected chi connectivity index (χ2v) is 5.98. The minimum atomic E-state index is 0.107. The third kappa shape index (κ3) is 4.74. The van der Waals surface area contributed by atoms with E-state index in [1.807, 2.05) is 14.1 Å². The van der Waals surface area contributed by atoms with Crippen molar-refractivity contribution in [2.24, 2.45) is 0 Å². The van der Waals surface area contributed by atoms with E-state index in [1.54, 1.807) is 0 Å². The Labute approximate surface area is 127 Å². The number of ether oxygens (including phenoxy) is 1. The molecule has 0 aliphatic carbocycles. The van der Waals surface area contributed by atoms with E-state index in [4.69, 9.17) is 4.74 Å². The van der Waals surface area contributed by atoms with Crippen LogP contribution in [0, 0.1) is 6.92 Å². The van der Waals surface area contributed by atoms with Gasteiger partial charge in [-0.15, -0.1) is 0 Å². The van der Waals surface area contributed by atoms with Crippen molar-refractivity contribution >= 4 is 11.6 Å². The van der Waals surface area contributed by atoms with Crippen LogP contribution in [-0.2, 0) is 16.1 Å². The maximum absolute atomic E-state index is 11.9. The molecule has 1 fully saturated rings. The fraction of sp³-hybridized carbons (Fsp3) is 0.588. The number of nitrogens with one attached hydrogen (secondary N) is 1. The van der Waals surface area contributed by atoms with Crippen LogP contribution in [0.25, 0.3) is 0 Å². The first-order valence-electron chi connectivity index (χ1n) is 7.71. The zero-order chi connectivity index (χ0) is 15.2. The molecule has 0 unspecified atom stereocenters. The largest absolute Gasteiger partial charge is 0.378 e. The van der Waals surface area contributed by atoms with Crippen molar-refractivity contribution in [3.63, 3.8) is 0 Å². The molecule has 1 aliphatic heterocycles. The highest BCUT2D eigenvalue weighted by Gasteiger charge is 2.16. The van der Waals surface area contributed by atoms with Crippen LogP contribution in [0.4, 0.5) is 5.69 Å². The number of amides is 1. The van der Waals surface area contributed by atoms with Crippen LogP contribution in [0.3, 0.4) is 0 Å². The molecule has 0 aromatic heterocycles. The number of aryl methyl sites for hydroxylation is 1. The highest BCUT2D eigenvalue weighted by Crippen LogP contribution is 2.20. The van der Waals surface area contributed by atoms with Crippen molar-refractivity contribution in [1.29, 1.82) is 0 Å². The van der Waals surface area contributed by atoms with Gasteiger partial charge in [0.1, 0.15) is 0 Å². The normalized spacial score (nSPS) is 17.8. The molecular weight excluding hydrogens is 264 g/mol. The monoisotopic (exact) mass is 290 g/mol. The van der Waals surface area contributed by atoms with E-state index in [0.717, 1.165) is 37.1 Å². The van der Waals surface area contributed by atoms with Crippen molar-refractivity contribution in [2.75, 3.05) is 25.6 Å². The van der Waals surface area contributed by atoms with Crippen molar-refractivity contribution in [3.8, 4) is 0 Å². The minimum absolute atomic E-state index is 0.107. The van der Waals surface area contributed by atoms with Crippen molar-refractivity contribution in [1.82, 2.24) is 5.32 Å². The predicted molar refractivity (Wildman–Crippen MR) is 85.6 cm³/mol. The van der Waals surface area contributed by atoms with Crippen LogP contribution in [0.1, 0.15) is 36.8 Å². The summed E-state index contributed by atoms with van der Waals surface area (Å²) in [7, 11) is 4.05. The Morgan fingerprint density at radius 2 is 2.24 bits per heavy atom. The van der Waals surface area contributed by atoms with E-state index in [9.17, 15) is 4.79 Å². The first-order valence-corrected chi connectivity index (χ1v) is 7.71. The fourth-order valence-corrected chi connectivity index (χ4v) is 2.69. The Bertz CT molecular complexity index is 480. The molecule has 4 heteroatoms. The topological polar surface area (TPSA) is 41.6 Å². The molecule has 1 aromatic carbocycles. The molecule has 1 aromatic rings. The molecule has 1 saturated heterocycles. The molecule has 0 saturated carbocycles. The summed E-state index contributed by atoms with van der Waals surface area (Å²) in [4.78, 5) is 14.0. The summed E-state index contributed by atoms with van der Waals surface area (Å²) in [5, 5.41) is 3.02. The third-order valence-electron chi connectivity index (χ3n) is 3.92. The Balaban J connectivity index is 1.83. The molecule has 1 amide bonds. The number of benzene rings is 1. The van der Waals surface area contributed by atoms with Gasteiger partial charge in [-0.3, -0.25) is 4.79 Å². The van der Waals surface area contributed by atoms with E-state index in [2.05, 4.69) is 35.3 Å². The number of carbonyl (C=O) groups excluding carboxylic acids is 1. The van der Waals surface area contributed by atoms with E-state index in [1.165, 1.54) is 5.56 Å². The average molecular weight is 290 g/mol. The van der Waals surface area contributed by atoms with Gasteiger partial charge in [0.25, 0.3) is 0 Å². The fourth-order valence-electron chi connectivity index (χ4n) is 2.69. The van der Waals surface area contributed by atoms with Crippen LogP contribution < -0.4 is 10.2 Å². The van der Waals surface area contributed by atoms with Gasteiger partial charge in [0.05, 0.1) is 6.10 Å².